The smallest absolute Gasteiger partial charge is 0.258 e. The van der Waals surface area contributed by atoms with Crippen LogP contribution in [0.15, 0.2) is 59.6 Å². The quantitative estimate of drug-likeness (QED) is 0.622. The van der Waals surface area contributed by atoms with Crippen molar-refractivity contribution >= 4 is 27.2 Å². The molecule has 0 saturated carbocycles. The van der Waals surface area contributed by atoms with Crippen molar-refractivity contribution in [3.05, 3.63) is 80.8 Å². The second-order valence-electron chi connectivity index (χ2n) is 3.77. The van der Waals surface area contributed by atoms with Crippen molar-refractivity contribution in [3.8, 4) is 0 Å². The van der Waals surface area contributed by atoms with Crippen molar-refractivity contribution in [1.29, 1.82) is 0 Å². The molecule has 0 bridgehead atoms. The Labute approximate surface area is 113 Å². The third-order valence-electron chi connectivity index (χ3n) is 2.60. The van der Waals surface area contributed by atoms with E-state index in [1.165, 1.54) is 12.1 Å². The van der Waals surface area contributed by atoms with Crippen molar-refractivity contribution in [2.75, 3.05) is 0 Å². The summed E-state index contributed by atoms with van der Waals surface area (Å²) in [6.45, 7) is 4.00. The van der Waals surface area contributed by atoms with E-state index in [1.54, 1.807) is 6.07 Å². The normalized spacial score (nSPS) is 10.1. The first-order chi connectivity index (χ1) is 8.59. The minimum atomic E-state index is -0.406. The first kappa shape index (κ1) is 12.5. The fourth-order valence-corrected chi connectivity index (χ4v) is 2.19. The van der Waals surface area contributed by atoms with E-state index in [0.29, 0.717) is 0 Å². The minimum absolute atomic E-state index is 0.0701. The van der Waals surface area contributed by atoms with Crippen LogP contribution in [0.25, 0.3) is 5.57 Å². The standard InChI is InChI=1S/C14H10BrNO2/c1-10(13-7-2-3-8-14(13)15)11-5-4-6-12(9-11)16(17)18/h2-9H,1H2. The van der Waals surface area contributed by atoms with Gasteiger partial charge < -0.3 is 0 Å². The maximum Gasteiger partial charge on any atom is 0.270 e. The van der Waals surface area contributed by atoms with Crippen LogP contribution in [0.2, 0.25) is 0 Å². The molecular formula is C14H10BrNO2. The topological polar surface area (TPSA) is 43.1 Å². The summed E-state index contributed by atoms with van der Waals surface area (Å²) in [5.41, 5.74) is 2.50. The molecule has 18 heavy (non-hydrogen) atoms. The van der Waals surface area contributed by atoms with Crippen LogP contribution in [0.3, 0.4) is 0 Å². The van der Waals surface area contributed by atoms with Crippen LogP contribution in [0.4, 0.5) is 5.69 Å². The van der Waals surface area contributed by atoms with Gasteiger partial charge in [0, 0.05) is 16.6 Å². The van der Waals surface area contributed by atoms with Gasteiger partial charge in [0.25, 0.3) is 5.69 Å². The third-order valence-corrected chi connectivity index (χ3v) is 3.30. The van der Waals surface area contributed by atoms with E-state index < -0.39 is 4.92 Å². The van der Waals surface area contributed by atoms with Crippen molar-refractivity contribution in [3.63, 3.8) is 0 Å². The fraction of sp³-hybridized carbons (Fsp3) is 0. The molecule has 0 spiro atoms. The Balaban J connectivity index is 2.44. The maximum atomic E-state index is 10.7. The molecule has 0 amide bonds. The van der Waals surface area contributed by atoms with Gasteiger partial charge in [-0.05, 0) is 22.8 Å². The number of non-ortho nitro benzene ring substituents is 1. The van der Waals surface area contributed by atoms with Crippen molar-refractivity contribution in [1.82, 2.24) is 0 Å². The first-order valence-corrected chi connectivity index (χ1v) is 6.07. The second kappa shape index (κ2) is 5.14. The van der Waals surface area contributed by atoms with Crippen LogP contribution >= 0.6 is 15.9 Å². The molecule has 0 aliphatic rings. The van der Waals surface area contributed by atoms with Crippen LogP contribution in [0, 0.1) is 10.1 Å². The van der Waals surface area contributed by atoms with Gasteiger partial charge in [-0.2, -0.15) is 0 Å². The van der Waals surface area contributed by atoms with Crippen molar-refractivity contribution < 1.29 is 4.92 Å². The highest BCUT2D eigenvalue weighted by Gasteiger charge is 2.10. The summed E-state index contributed by atoms with van der Waals surface area (Å²) in [5, 5.41) is 10.7. The van der Waals surface area contributed by atoms with Crippen molar-refractivity contribution in [2.24, 2.45) is 0 Å². The van der Waals surface area contributed by atoms with Crippen LogP contribution in [-0.4, -0.2) is 4.92 Å². The Morgan fingerprint density at radius 2 is 1.89 bits per heavy atom. The number of nitrogens with zero attached hydrogens (tertiary/aromatic N) is 1. The summed E-state index contributed by atoms with van der Waals surface area (Å²) < 4.78 is 0.918. The lowest BCUT2D eigenvalue weighted by molar-refractivity contribution is -0.384. The molecule has 0 aliphatic heterocycles. The number of nitro groups is 1. The van der Waals surface area contributed by atoms with E-state index in [9.17, 15) is 10.1 Å². The molecule has 4 heteroatoms. The van der Waals surface area contributed by atoms with Gasteiger partial charge in [0.1, 0.15) is 0 Å². The molecule has 3 nitrogen and oxygen atoms in total. The molecule has 0 saturated heterocycles. The Hall–Kier alpha value is -1.94. The summed E-state index contributed by atoms with van der Waals surface area (Å²) in [6, 6.07) is 14.1. The molecule has 2 aromatic rings. The summed E-state index contributed by atoms with van der Waals surface area (Å²) in [7, 11) is 0. The van der Waals surface area contributed by atoms with E-state index in [-0.39, 0.29) is 5.69 Å². The Kier molecular flexibility index (Phi) is 3.58. The monoisotopic (exact) mass is 303 g/mol. The van der Waals surface area contributed by atoms with Gasteiger partial charge in [0.05, 0.1) is 4.92 Å². The van der Waals surface area contributed by atoms with E-state index in [1.807, 2.05) is 30.3 Å². The van der Waals surface area contributed by atoms with E-state index in [0.717, 1.165) is 21.2 Å². The highest BCUT2D eigenvalue weighted by Crippen LogP contribution is 2.29. The molecule has 0 fully saturated rings. The molecule has 0 aromatic heterocycles. The molecule has 0 radical (unpaired) electrons. The number of benzene rings is 2. The number of hydrogen-bond acceptors (Lipinski definition) is 2. The molecule has 0 N–H and O–H groups in total. The predicted octanol–water partition coefficient (Wildman–Crippen LogP) is 4.42. The van der Waals surface area contributed by atoms with Crippen LogP contribution in [0.5, 0.6) is 0 Å². The first-order valence-electron chi connectivity index (χ1n) is 5.28. The zero-order chi connectivity index (χ0) is 13.1. The zero-order valence-corrected chi connectivity index (χ0v) is 11.1. The Bertz CT molecular complexity index is 623. The van der Waals surface area contributed by atoms with Gasteiger partial charge >= 0.3 is 0 Å². The van der Waals surface area contributed by atoms with Gasteiger partial charge in [-0.25, -0.2) is 0 Å². The van der Waals surface area contributed by atoms with Gasteiger partial charge in [0.15, 0.2) is 0 Å². The maximum absolute atomic E-state index is 10.7. The zero-order valence-electron chi connectivity index (χ0n) is 9.47. The summed E-state index contributed by atoms with van der Waals surface area (Å²) in [6.07, 6.45) is 0. The molecule has 0 heterocycles. The molecule has 0 atom stereocenters. The summed E-state index contributed by atoms with van der Waals surface area (Å²) >= 11 is 3.45. The highest BCUT2D eigenvalue weighted by molar-refractivity contribution is 9.10. The molecule has 0 aliphatic carbocycles. The van der Waals surface area contributed by atoms with E-state index in [2.05, 4.69) is 22.5 Å². The second-order valence-corrected chi connectivity index (χ2v) is 4.62. The Morgan fingerprint density at radius 3 is 2.56 bits per heavy atom. The lowest BCUT2D eigenvalue weighted by atomic mass is 9.99. The van der Waals surface area contributed by atoms with Crippen LogP contribution in [-0.2, 0) is 0 Å². The van der Waals surface area contributed by atoms with Gasteiger partial charge in [0.2, 0.25) is 0 Å². The molecule has 90 valence electrons. The summed E-state index contributed by atoms with van der Waals surface area (Å²) in [5.74, 6) is 0. The van der Waals surface area contributed by atoms with E-state index >= 15 is 0 Å². The van der Waals surface area contributed by atoms with Crippen LogP contribution in [0.1, 0.15) is 11.1 Å². The highest BCUT2D eigenvalue weighted by atomic mass is 79.9. The SMILES string of the molecule is C=C(c1cccc([N+](=O)[O-])c1)c1ccccc1Br. The molecular weight excluding hydrogens is 294 g/mol. The number of nitro benzene ring substituents is 1. The number of hydrogen-bond donors (Lipinski definition) is 0. The Morgan fingerprint density at radius 1 is 1.17 bits per heavy atom. The average Bonchev–Trinajstić information content (AvgIpc) is 2.38. The number of halogens is 1. The average molecular weight is 304 g/mol. The fourth-order valence-electron chi connectivity index (χ4n) is 1.67. The molecule has 0 unspecified atom stereocenters. The van der Waals surface area contributed by atoms with Gasteiger partial charge in [-0.3, -0.25) is 10.1 Å². The lowest BCUT2D eigenvalue weighted by Gasteiger charge is -2.08. The number of rotatable bonds is 3. The van der Waals surface area contributed by atoms with Crippen LogP contribution < -0.4 is 0 Å². The predicted molar refractivity (Wildman–Crippen MR) is 75.4 cm³/mol. The van der Waals surface area contributed by atoms with Gasteiger partial charge in [-0.15, -0.1) is 0 Å². The third kappa shape index (κ3) is 2.49. The largest absolute Gasteiger partial charge is 0.270 e. The molecule has 2 aromatic carbocycles. The van der Waals surface area contributed by atoms with E-state index in [4.69, 9.17) is 0 Å². The molecule has 2 rings (SSSR count). The van der Waals surface area contributed by atoms with Crippen molar-refractivity contribution in [2.45, 2.75) is 0 Å². The van der Waals surface area contributed by atoms with Gasteiger partial charge in [-0.1, -0.05) is 52.8 Å². The lowest BCUT2D eigenvalue weighted by Crippen LogP contribution is -1.91. The summed E-state index contributed by atoms with van der Waals surface area (Å²) in [4.78, 5) is 10.3. The minimum Gasteiger partial charge on any atom is -0.258 e.